The number of amides is 1. The average Bonchev–Trinajstić information content (AvgIpc) is 2.43. The van der Waals surface area contributed by atoms with Crippen molar-refractivity contribution >= 4 is 11.9 Å². The molecule has 0 aliphatic heterocycles. The van der Waals surface area contributed by atoms with E-state index in [0.717, 1.165) is 12.1 Å². The summed E-state index contributed by atoms with van der Waals surface area (Å²) in [5, 5.41) is 11.4. The summed E-state index contributed by atoms with van der Waals surface area (Å²) in [6.45, 7) is 3.48. The Morgan fingerprint density at radius 3 is 2.45 bits per heavy atom. The zero-order valence-electron chi connectivity index (χ0n) is 12.3. The summed E-state index contributed by atoms with van der Waals surface area (Å²) >= 11 is 0. The van der Waals surface area contributed by atoms with Gasteiger partial charge in [-0.3, -0.25) is 4.79 Å². The van der Waals surface area contributed by atoms with Gasteiger partial charge in [-0.05, 0) is 17.5 Å². The van der Waals surface area contributed by atoms with E-state index in [4.69, 9.17) is 5.11 Å². The maximum atomic E-state index is 12.6. The molecule has 0 bridgehead atoms. The van der Waals surface area contributed by atoms with Gasteiger partial charge in [0.2, 0.25) is 5.91 Å². The largest absolute Gasteiger partial charge is 0.480 e. The molecule has 0 aliphatic carbocycles. The fourth-order valence-corrected chi connectivity index (χ4v) is 1.95. The third-order valence-corrected chi connectivity index (χ3v) is 3.41. The van der Waals surface area contributed by atoms with Gasteiger partial charge in [0.25, 0.3) is 0 Å². The van der Waals surface area contributed by atoms with Gasteiger partial charge < -0.3 is 10.4 Å². The second kappa shape index (κ2) is 7.29. The highest BCUT2D eigenvalue weighted by Crippen LogP contribution is 2.29. The monoisotopic (exact) mass is 317 g/mol. The number of carbonyl (C=O) groups excluding carboxylic acids is 1. The van der Waals surface area contributed by atoms with E-state index in [1.54, 1.807) is 13.8 Å². The van der Waals surface area contributed by atoms with E-state index in [-0.39, 0.29) is 17.9 Å². The molecule has 0 saturated carbocycles. The number of carboxylic acid groups (broad SMARTS) is 1. The summed E-state index contributed by atoms with van der Waals surface area (Å²) in [6, 6.07) is 3.37. The molecule has 0 fully saturated rings. The number of carboxylic acids is 1. The Balaban J connectivity index is 2.78. The average molecular weight is 317 g/mol. The van der Waals surface area contributed by atoms with E-state index < -0.39 is 29.7 Å². The molecule has 0 aliphatic rings. The molecular formula is C15H18F3NO3. The van der Waals surface area contributed by atoms with E-state index in [9.17, 15) is 22.8 Å². The fourth-order valence-electron chi connectivity index (χ4n) is 1.95. The predicted molar refractivity (Wildman–Crippen MR) is 74.2 cm³/mol. The van der Waals surface area contributed by atoms with Crippen molar-refractivity contribution in [2.45, 2.75) is 38.9 Å². The van der Waals surface area contributed by atoms with Crippen LogP contribution in [-0.2, 0) is 22.2 Å². The summed E-state index contributed by atoms with van der Waals surface area (Å²) in [7, 11) is 0. The molecule has 0 radical (unpaired) electrons. The summed E-state index contributed by atoms with van der Waals surface area (Å²) in [5.41, 5.74) is -0.657. The molecule has 0 spiro atoms. The minimum atomic E-state index is -4.48. The van der Waals surface area contributed by atoms with Crippen LogP contribution in [0, 0.1) is 5.92 Å². The van der Waals surface area contributed by atoms with Crippen LogP contribution < -0.4 is 5.32 Å². The normalized spacial score (nSPS) is 14.2. The Hall–Kier alpha value is -2.05. The predicted octanol–water partition coefficient (Wildman–Crippen LogP) is 2.86. The van der Waals surface area contributed by atoms with Crippen LogP contribution in [0.3, 0.4) is 0 Å². The molecule has 0 saturated heterocycles. The molecule has 2 atom stereocenters. The van der Waals surface area contributed by atoms with Crippen molar-refractivity contribution in [3.63, 3.8) is 0 Å². The van der Waals surface area contributed by atoms with Crippen LogP contribution in [0.2, 0.25) is 0 Å². The van der Waals surface area contributed by atoms with Crippen LogP contribution >= 0.6 is 0 Å². The summed E-state index contributed by atoms with van der Waals surface area (Å²) in [5.74, 6) is -2.05. The third kappa shape index (κ3) is 5.05. The Morgan fingerprint density at radius 1 is 1.32 bits per heavy atom. The highest BCUT2D eigenvalue weighted by Gasteiger charge is 2.30. The number of halogens is 3. The van der Waals surface area contributed by atoms with Crippen LogP contribution in [0.5, 0.6) is 0 Å². The molecule has 4 nitrogen and oxygen atoms in total. The van der Waals surface area contributed by atoms with Crippen molar-refractivity contribution in [1.82, 2.24) is 5.32 Å². The first-order chi connectivity index (χ1) is 10.1. The Labute approximate surface area is 126 Å². The minimum Gasteiger partial charge on any atom is -0.480 e. The number of benzene rings is 1. The van der Waals surface area contributed by atoms with Crippen molar-refractivity contribution in [3.8, 4) is 0 Å². The van der Waals surface area contributed by atoms with Crippen molar-refractivity contribution in [2.24, 2.45) is 5.92 Å². The molecule has 0 unspecified atom stereocenters. The van der Waals surface area contributed by atoms with E-state index in [1.807, 2.05) is 0 Å². The first-order valence-electron chi connectivity index (χ1n) is 6.83. The third-order valence-electron chi connectivity index (χ3n) is 3.41. The number of carbonyl (C=O) groups is 2. The van der Waals surface area contributed by atoms with Gasteiger partial charge >= 0.3 is 12.1 Å². The number of aliphatic carboxylic acids is 1. The van der Waals surface area contributed by atoms with E-state index in [1.165, 1.54) is 12.1 Å². The zero-order valence-corrected chi connectivity index (χ0v) is 12.3. The second-order valence-electron chi connectivity index (χ2n) is 5.14. The molecule has 1 aromatic rings. The van der Waals surface area contributed by atoms with Crippen LogP contribution in [0.15, 0.2) is 24.3 Å². The van der Waals surface area contributed by atoms with Crippen LogP contribution in [0.1, 0.15) is 31.4 Å². The van der Waals surface area contributed by atoms with Crippen LogP contribution in [0.25, 0.3) is 0 Å². The molecule has 1 aromatic carbocycles. The Morgan fingerprint density at radius 2 is 1.95 bits per heavy atom. The molecule has 2 N–H and O–H groups in total. The lowest BCUT2D eigenvalue weighted by Gasteiger charge is -2.20. The molecule has 7 heteroatoms. The maximum Gasteiger partial charge on any atom is 0.416 e. The lowest BCUT2D eigenvalue weighted by Crippen LogP contribution is -2.45. The summed E-state index contributed by atoms with van der Waals surface area (Å²) in [4.78, 5) is 23.0. The molecule has 0 heterocycles. The van der Waals surface area contributed by atoms with Gasteiger partial charge in [-0.15, -0.1) is 0 Å². The van der Waals surface area contributed by atoms with Crippen LogP contribution in [-0.4, -0.2) is 23.0 Å². The van der Waals surface area contributed by atoms with E-state index in [2.05, 4.69) is 5.32 Å². The van der Waals surface area contributed by atoms with Gasteiger partial charge in [-0.25, -0.2) is 4.79 Å². The fraction of sp³-hybridized carbons (Fsp3) is 0.467. The Bertz CT molecular complexity index is 543. The SMILES string of the molecule is CC[C@H](C)[C@@H](NC(=O)Cc1cccc(C(F)(F)F)c1)C(=O)O. The topological polar surface area (TPSA) is 66.4 Å². The maximum absolute atomic E-state index is 12.6. The quantitative estimate of drug-likeness (QED) is 0.848. The number of hydrogen-bond acceptors (Lipinski definition) is 2. The second-order valence-corrected chi connectivity index (χ2v) is 5.14. The molecule has 1 rings (SSSR count). The van der Waals surface area contributed by atoms with Crippen LogP contribution in [0.4, 0.5) is 13.2 Å². The van der Waals surface area contributed by atoms with Crippen molar-refractivity contribution in [2.75, 3.05) is 0 Å². The number of rotatable bonds is 6. The van der Waals surface area contributed by atoms with Gasteiger partial charge in [0, 0.05) is 0 Å². The zero-order chi connectivity index (χ0) is 16.9. The minimum absolute atomic E-state index is 0.181. The smallest absolute Gasteiger partial charge is 0.416 e. The van der Waals surface area contributed by atoms with Gasteiger partial charge in [0.05, 0.1) is 12.0 Å². The van der Waals surface area contributed by atoms with Gasteiger partial charge in [0.15, 0.2) is 0 Å². The number of nitrogens with one attached hydrogen (secondary N) is 1. The lowest BCUT2D eigenvalue weighted by molar-refractivity contribution is -0.143. The van der Waals surface area contributed by atoms with Crippen molar-refractivity contribution in [3.05, 3.63) is 35.4 Å². The van der Waals surface area contributed by atoms with Crippen molar-refractivity contribution < 1.29 is 27.9 Å². The van der Waals surface area contributed by atoms with E-state index >= 15 is 0 Å². The molecular weight excluding hydrogens is 299 g/mol. The number of hydrogen-bond donors (Lipinski definition) is 2. The van der Waals surface area contributed by atoms with Gasteiger partial charge in [-0.1, -0.05) is 38.5 Å². The lowest BCUT2D eigenvalue weighted by atomic mass is 9.99. The number of alkyl halides is 3. The molecule has 122 valence electrons. The van der Waals surface area contributed by atoms with Gasteiger partial charge in [0.1, 0.15) is 6.04 Å². The first kappa shape index (κ1) is 18.0. The molecule has 1 amide bonds. The highest BCUT2D eigenvalue weighted by atomic mass is 19.4. The summed E-state index contributed by atoms with van der Waals surface area (Å²) < 4.78 is 37.8. The molecule has 22 heavy (non-hydrogen) atoms. The van der Waals surface area contributed by atoms with Crippen molar-refractivity contribution in [1.29, 1.82) is 0 Å². The summed E-state index contributed by atoms with van der Waals surface area (Å²) in [6.07, 6.45) is -4.22. The highest BCUT2D eigenvalue weighted by molar-refractivity contribution is 5.85. The molecule has 0 aromatic heterocycles. The first-order valence-corrected chi connectivity index (χ1v) is 6.83. The standard InChI is InChI=1S/C15H18F3NO3/c1-3-9(2)13(14(21)22)19-12(20)8-10-5-4-6-11(7-10)15(16,17)18/h4-7,9,13H,3,8H2,1-2H3,(H,19,20)(H,21,22)/t9-,13+/m0/s1. The van der Waals surface area contributed by atoms with Gasteiger partial charge in [-0.2, -0.15) is 13.2 Å². The Kier molecular flexibility index (Phi) is 5.96. The van der Waals surface area contributed by atoms with E-state index in [0.29, 0.717) is 6.42 Å².